The van der Waals surface area contributed by atoms with Crippen molar-refractivity contribution in [2.75, 3.05) is 0 Å². The number of ketones is 1. The highest BCUT2D eigenvalue weighted by molar-refractivity contribution is 7.89. The van der Waals surface area contributed by atoms with Crippen molar-refractivity contribution in [2.24, 2.45) is 0 Å². The lowest BCUT2D eigenvalue weighted by Gasteiger charge is -2.05. The molecular formula is C10H11N5O3S. The van der Waals surface area contributed by atoms with E-state index < -0.39 is 10.0 Å². The van der Waals surface area contributed by atoms with Crippen LogP contribution in [0.5, 0.6) is 0 Å². The third-order valence-corrected chi connectivity index (χ3v) is 3.76. The molecule has 100 valence electrons. The van der Waals surface area contributed by atoms with Crippen molar-refractivity contribution in [3.63, 3.8) is 0 Å². The van der Waals surface area contributed by atoms with Gasteiger partial charge in [-0.05, 0) is 19.1 Å². The molecule has 0 bridgehead atoms. The number of rotatable bonds is 5. The minimum Gasteiger partial charge on any atom is -0.295 e. The normalized spacial score (nSPS) is 11.4. The van der Waals surface area contributed by atoms with Gasteiger partial charge < -0.3 is 0 Å². The third-order valence-electron chi connectivity index (χ3n) is 2.36. The summed E-state index contributed by atoms with van der Waals surface area (Å²) in [6.45, 7) is 1.29. The maximum absolute atomic E-state index is 12.0. The summed E-state index contributed by atoms with van der Waals surface area (Å²) in [7, 11) is -3.72. The number of hydrogen-bond donors (Lipinski definition) is 2. The Balaban J connectivity index is 2.19. The minimum absolute atomic E-state index is 0.0173. The van der Waals surface area contributed by atoms with E-state index in [1.54, 1.807) is 6.07 Å². The minimum atomic E-state index is -3.72. The van der Waals surface area contributed by atoms with Crippen LogP contribution in [0.15, 0.2) is 29.2 Å². The third kappa shape index (κ3) is 3.20. The quantitative estimate of drug-likeness (QED) is 0.738. The molecule has 0 aliphatic carbocycles. The summed E-state index contributed by atoms with van der Waals surface area (Å²) in [5.41, 5.74) is 0.336. The number of nitrogens with zero attached hydrogens (tertiary/aromatic N) is 3. The number of sulfonamides is 1. The van der Waals surface area contributed by atoms with Gasteiger partial charge in [0.1, 0.15) is 0 Å². The molecule has 2 rings (SSSR count). The molecule has 1 aromatic carbocycles. The molecule has 0 spiro atoms. The number of aromatic nitrogens is 4. The smallest absolute Gasteiger partial charge is 0.241 e. The van der Waals surface area contributed by atoms with E-state index in [9.17, 15) is 13.2 Å². The van der Waals surface area contributed by atoms with Crippen LogP contribution in [0, 0.1) is 0 Å². The first-order valence-corrected chi connectivity index (χ1v) is 6.80. The maximum Gasteiger partial charge on any atom is 0.241 e. The van der Waals surface area contributed by atoms with E-state index in [0.29, 0.717) is 5.56 Å². The zero-order valence-corrected chi connectivity index (χ0v) is 10.8. The predicted octanol–water partition coefficient (Wildman–Crippen LogP) is -0.119. The molecule has 2 aromatic rings. The Labute approximate surface area is 109 Å². The van der Waals surface area contributed by atoms with E-state index in [0.717, 1.165) is 0 Å². The monoisotopic (exact) mass is 281 g/mol. The lowest BCUT2D eigenvalue weighted by atomic mass is 10.2. The number of Topliss-reactive ketones (excluding diaryl/α,β-unsaturated/α-hetero) is 1. The zero-order valence-electron chi connectivity index (χ0n) is 9.99. The van der Waals surface area contributed by atoms with Crippen molar-refractivity contribution in [2.45, 2.75) is 18.4 Å². The highest BCUT2D eigenvalue weighted by atomic mass is 32.2. The number of nitrogens with one attached hydrogen (secondary N) is 2. The van der Waals surface area contributed by atoms with Gasteiger partial charge >= 0.3 is 0 Å². The second-order valence-electron chi connectivity index (χ2n) is 3.74. The molecule has 0 atom stereocenters. The van der Waals surface area contributed by atoms with Gasteiger partial charge in [-0.15, -0.1) is 10.2 Å². The summed E-state index contributed by atoms with van der Waals surface area (Å²) in [5, 5.41) is 12.8. The molecule has 0 unspecified atom stereocenters. The number of hydrogen-bond acceptors (Lipinski definition) is 6. The fourth-order valence-corrected chi connectivity index (χ4v) is 2.41. The number of tetrazole rings is 1. The van der Waals surface area contributed by atoms with E-state index in [4.69, 9.17) is 0 Å². The highest BCUT2D eigenvalue weighted by Crippen LogP contribution is 2.12. The Morgan fingerprint density at radius 1 is 1.42 bits per heavy atom. The van der Waals surface area contributed by atoms with Crippen LogP contribution in [-0.4, -0.2) is 34.8 Å². The first-order chi connectivity index (χ1) is 8.99. The van der Waals surface area contributed by atoms with Crippen LogP contribution < -0.4 is 4.72 Å². The highest BCUT2D eigenvalue weighted by Gasteiger charge is 2.15. The van der Waals surface area contributed by atoms with Gasteiger partial charge in [-0.25, -0.2) is 13.1 Å². The van der Waals surface area contributed by atoms with Crippen molar-refractivity contribution in [3.8, 4) is 0 Å². The molecule has 2 N–H and O–H groups in total. The summed E-state index contributed by atoms with van der Waals surface area (Å²) in [6, 6.07) is 5.80. The first kappa shape index (κ1) is 13.3. The van der Waals surface area contributed by atoms with Crippen molar-refractivity contribution < 1.29 is 13.2 Å². The van der Waals surface area contributed by atoms with Gasteiger partial charge in [0.15, 0.2) is 11.6 Å². The van der Waals surface area contributed by atoms with Crippen LogP contribution in [0.3, 0.4) is 0 Å². The van der Waals surface area contributed by atoms with Crippen LogP contribution in [-0.2, 0) is 16.6 Å². The molecule has 1 heterocycles. The van der Waals surface area contributed by atoms with E-state index in [1.165, 1.54) is 25.1 Å². The molecule has 0 amide bonds. The molecule has 0 radical (unpaired) electrons. The largest absolute Gasteiger partial charge is 0.295 e. The van der Waals surface area contributed by atoms with Gasteiger partial charge in [0, 0.05) is 5.56 Å². The molecule has 8 nitrogen and oxygen atoms in total. The van der Waals surface area contributed by atoms with Crippen LogP contribution in [0.1, 0.15) is 23.1 Å². The van der Waals surface area contributed by atoms with Crippen molar-refractivity contribution in [3.05, 3.63) is 35.7 Å². The van der Waals surface area contributed by atoms with Crippen molar-refractivity contribution in [1.82, 2.24) is 25.3 Å². The number of aromatic amines is 1. The summed E-state index contributed by atoms with van der Waals surface area (Å²) >= 11 is 0. The van der Waals surface area contributed by atoms with Gasteiger partial charge in [-0.1, -0.05) is 17.3 Å². The average Bonchev–Trinajstić information content (AvgIpc) is 2.90. The molecule has 0 saturated carbocycles. The van der Waals surface area contributed by atoms with E-state index in [2.05, 4.69) is 25.3 Å². The second kappa shape index (κ2) is 5.24. The molecular weight excluding hydrogens is 270 g/mol. The molecule has 0 saturated heterocycles. The Morgan fingerprint density at radius 2 is 2.21 bits per heavy atom. The van der Waals surface area contributed by atoms with E-state index >= 15 is 0 Å². The summed E-state index contributed by atoms with van der Waals surface area (Å²) in [6.07, 6.45) is 0. The number of carbonyl (C=O) groups is 1. The van der Waals surface area contributed by atoms with Gasteiger partial charge in [0.25, 0.3) is 0 Å². The number of carbonyl (C=O) groups excluding carboxylic acids is 1. The van der Waals surface area contributed by atoms with Crippen molar-refractivity contribution >= 4 is 15.8 Å². The predicted molar refractivity (Wildman–Crippen MR) is 64.6 cm³/mol. The van der Waals surface area contributed by atoms with Gasteiger partial charge in [0.05, 0.1) is 11.4 Å². The molecule has 0 fully saturated rings. The van der Waals surface area contributed by atoms with Gasteiger partial charge in [0.2, 0.25) is 10.0 Å². The fraction of sp³-hybridized carbons (Fsp3) is 0.200. The summed E-state index contributed by atoms with van der Waals surface area (Å²) in [5.74, 6) is 0.0292. The van der Waals surface area contributed by atoms with E-state index in [-0.39, 0.29) is 23.0 Å². The Morgan fingerprint density at radius 3 is 2.84 bits per heavy atom. The molecule has 0 aliphatic rings. The Kier molecular flexibility index (Phi) is 3.67. The van der Waals surface area contributed by atoms with Crippen LogP contribution in [0.2, 0.25) is 0 Å². The molecule has 9 heteroatoms. The molecule has 19 heavy (non-hydrogen) atoms. The maximum atomic E-state index is 12.0. The number of benzene rings is 1. The second-order valence-corrected chi connectivity index (χ2v) is 5.50. The fourth-order valence-electron chi connectivity index (χ4n) is 1.38. The zero-order chi connectivity index (χ0) is 13.9. The SMILES string of the molecule is CC(=O)c1cccc(S(=O)(=O)NCc2nn[nH]n2)c1. The molecule has 0 aliphatic heterocycles. The first-order valence-electron chi connectivity index (χ1n) is 5.32. The van der Waals surface area contributed by atoms with Gasteiger partial charge in [-0.3, -0.25) is 4.79 Å². The summed E-state index contributed by atoms with van der Waals surface area (Å²) in [4.78, 5) is 11.2. The average molecular weight is 281 g/mol. The van der Waals surface area contributed by atoms with Gasteiger partial charge in [-0.2, -0.15) is 5.21 Å². The molecule has 1 aromatic heterocycles. The standard InChI is InChI=1S/C10H11N5O3S/c1-7(16)8-3-2-4-9(5-8)19(17,18)11-6-10-12-14-15-13-10/h2-5,11H,6H2,1H3,(H,12,13,14,15). The Hall–Kier alpha value is -2.13. The number of H-pyrrole nitrogens is 1. The lowest BCUT2D eigenvalue weighted by molar-refractivity contribution is 0.101. The summed E-state index contributed by atoms with van der Waals surface area (Å²) < 4.78 is 26.3. The lowest BCUT2D eigenvalue weighted by Crippen LogP contribution is -2.24. The Bertz CT molecular complexity index is 681. The van der Waals surface area contributed by atoms with E-state index in [1.807, 2.05) is 0 Å². The van der Waals surface area contributed by atoms with Crippen LogP contribution in [0.4, 0.5) is 0 Å². The van der Waals surface area contributed by atoms with Crippen LogP contribution in [0.25, 0.3) is 0 Å². The topological polar surface area (TPSA) is 118 Å². The van der Waals surface area contributed by atoms with Crippen LogP contribution >= 0.6 is 0 Å². The van der Waals surface area contributed by atoms with Crippen molar-refractivity contribution in [1.29, 1.82) is 0 Å².